The molecule has 0 amide bonds. The monoisotopic (exact) mass is 306 g/mol. The maximum absolute atomic E-state index is 11.6. The lowest BCUT2D eigenvalue weighted by Crippen LogP contribution is -2.18. The van der Waals surface area contributed by atoms with Gasteiger partial charge in [0.05, 0.1) is 12.8 Å². The molecule has 1 aromatic heterocycles. The summed E-state index contributed by atoms with van der Waals surface area (Å²) >= 11 is 5.84. The predicted octanol–water partition coefficient (Wildman–Crippen LogP) is 2.86. The third kappa shape index (κ3) is 3.49. The number of aromatic nitrogens is 2. The summed E-state index contributed by atoms with van der Waals surface area (Å²) in [6.07, 6.45) is 1.65. The zero-order valence-electron chi connectivity index (χ0n) is 11.7. The van der Waals surface area contributed by atoms with Crippen molar-refractivity contribution in [3.05, 3.63) is 52.4 Å². The standard InChI is InChI=1S/C15H15ClN2O3/c1-9-13(17-8-18-14(9)21-2)12(15(19)20)7-10-3-5-11(16)6-4-10/h3-6,8,12H,7H2,1-2H3,(H,19,20). The molecule has 2 rings (SSSR count). The van der Waals surface area contributed by atoms with Crippen LogP contribution in [0.5, 0.6) is 5.88 Å². The minimum absolute atomic E-state index is 0.327. The second-order valence-corrected chi connectivity index (χ2v) is 5.05. The van der Waals surface area contributed by atoms with Gasteiger partial charge in [-0.05, 0) is 31.0 Å². The zero-order valence-corrected chi connectivity index (χ0v) is 12.5. The van der Waals surface area contributed by atoms with Crippen molar-refractivity contribution in [2.24, 2.45) is 0 Å². The van der Waals surface area contributed by atoms with Crippen LogP contribution in [0.15, 0.2) is 30.6 Å². The van der Waals surface area contributed by atoms with Crippen molar-refractivity contribution in [1.29, 1.82) is 0 Å². The van der Waals surface area contributed by atoms with Crippen LogP contribution in [0.1, 0.15) is 22.7 Å². The first-order chi connectivity index (χ1) is 10.0. The van der Waals surface area contributed by atoms with Gasteiger partial charge in [-0.15, -0.1) is 0 Å². The maximum atomic E-state index is 11.6. The van der Waals surface area contributed by atoms with Crippen LogP contribution in [0, 0.1) is 6.92 Å². The van der Waals surface area contributed by atoms with E-state index in [9.17, 15) is 9.90 Å². The zero-order chi connectivity index (χ0) is 15.4. The molecule has 0 aliphatic heterocycles. The second-order valence-electron chi connectivity index (χ2n) is 4.61. The molecule has 1 unspecified atom stereocenters. The molecule has 1 heterocycles. The summed E-state index contributed by atoms with van der Waals surface area (Å²) in [7, 11) is 1.49. The van der Waals surface area contributed by atoms with E-state index in [1.165, 1.54) is 13.4 Å². The van der Waals surface area contributed by atoms with Crippen molar-refractivity contribution >= 4 is 17.6 Å². The fourth-order valence-electron chi connectivity index (χ4n) is 2.16. The number of carboxylic acids is 1. The number of carbonyl (C=O) groups is 1. The van der Waals surface area contributed by atoms with Crippen molar-refractivity contribution < 1.29 is 14.6 Å². The Labute approximate surface area is 127 Å². The highest BCUT2D eigenvalue weighted by molar-refractivity contribution is 6.30. The molecule has 5 nitrogen and oxygen atoms in total. The molecular weight excluding hydrogens is 292 g/mol. The van der Waals surface area contributed by atoms with Gasteiger partial charge in [-0.25, -0.2) is 9.97 Å². The molecule has 0 fully saturated rings. The van der Waals surface area contributed by atoms with Crippen LogP contribution in [0.3, 0.4) is 0 Å². The van der Waals surface area contributed by atoms with E-state index in [4.69, 9.17) is 16.3 Å². The number of methoxy groups -OCH3 is 1. The van der Waals surface area contributed by atoms with E-state index in [0.717, 1.165) is 5.56 Å². The summed E-state index contributed by atoms with van der Waals surface area (Å²) in [5.74, 6) is -1.31. The Morgan fingerprint density at radius 2 is 2.00 bits per heavy atom. The number of nitrogens with zero attached hydrogens (tertiary/aromatic N) is 2. The van der Waals surface area contributed by atoms with E-state index >= 15 is 0 Å². The average Bonchev–Trinajstić information content (AvgIpc) is 2.47. The number of halogens is 1. The number of aliphatic carboxylic acids is 1. The summed E-state index contributed by atoms with van der Waals surface area (Å²) in [6, 6.07) is 7.10. The smallest absolute Gasteiger partial charge is 0.312 e. The third-order valence-corrected chi connectivity index (χ3v) is 3.50. The average molecular weight is 307 g/mol. The lowest BCUT2D eigenvalue weighted by atomic mass is 9.93. The highest BCUT2D eigenvalue weighted by Gasteiger charge is 2.25. The summed E-state index contributed by atoms with van der Waals surface area (Å²) in [4.78, 5) is 19.7. The van der Waals surface area contributed by atoms with Crippen LogP contribution in [-0.4, -0.2) is 28.2 Å². The summed E-state index contributed by atoms with van der Waals surface area (Å²) in [6.45, 7) is 1.76. The molecule has 0 aliphatic rings. The van der Waals surface area contributed by atoms with Crippen LogP contribution in [-0.2, 0) is 11.2 Å². The van der Waals surface area contributed by atoms with Crippen LogP contribution >= 0.6 is 11.6 Å². The van der Waals surface area contributed by atoms with Crippen molar-refractivity contribution in [3.8, 4) is 5.88 Å². The van der Waals surface area contributed by atoms with Gasteiger partial charge in [0, 0.05) is 10.6 Å². The second kappa shape index (κ2) is 6.54. The number of rotatable bonds is 5. The molecule has 0 saturated carbocycles. The molecule has 0 radical (unpaired) electrons. The molecule has 6 heteroatoms. The first kappa shape index (κ1) is 15.3. The first-order valence-electron chi connectivity index (χ1n) is 6.35. The Kier molecular flexibility index (Phi) is 4.75. The van der Waals surface area contributed by atoms with Gasteiger partial charge in [-0.1, -0.05) is 23.7 Å². The van der Waals surface area contributed by atoms with Crippen LogP contribution in [0.4, 0.5) is 0 Å². The van der Waals surface area contributed by atoms with Crippen molar-refractivity contribution in [2.75, 3.05) is 7.11 Å². The third-order valence-electron chi connectivity index (χ3n) is 3.25. The minimum atomic E-state index is -0.936. The van der Waals surface area contributed by atoms with E-state index in [0.29, 0.717) is 28.6 Å². The highest BCUT2D eigenvalue weighted by atomic mass is 35.5. The number of carboxylic acid groups (broad SMARTS) is 1. The Bertz CT molecular complexity index is 644. The topological polar surface area (TPSA) is 72.3 Å². The Hall–Kier alpha value is -2.14. The van der Waals surface area contributed by atoms with E-state index in [1.54, 1.807) is 19.1 Å². The summed E-state index contributed by atoms with van der Waals surface area (Å²) in [5, 5.41) is 10.1. The summed E-state index contributed by atoms with van der Waals surface area (Å²) in [5.41, 5.74) is 1.98. The van der Waals surface area contributed by atoms with E-state index in [1.807, 2.05) is 12.1 Å². The summed E-state index contributed by atoms with van der Waals surface area (Å²) < 4.78 is 5.12. The van der Waals surface area contributed by atoms with Crippen molar-refractivity contribution in [2.45, 2.75) is 19.3 Å². The van der Waals surface area contributed by atoms with Gasteiger partial charge in [-0.3, -0.25) is 4.79 Å². The number of hydrogen-bond acceptors (Lipinski definition) is 4. The van der Waals surface area contributed by atoms with Crippen LogP contribution in [0.2, 0.25) is 5.02 Å². The molecule has 1 aromatic carbocycles. The van der Waals surface area contributed by atoms with Gasteiger partial charge < -0.3 is 9.84 Å². The number of benzene rings is 1. The fraction of sp³-hybridized carbons (Fsp3) is 0.267. The number of ether oxygens (including phenoxy) is 1. The van der Waals surface area contributed by atoms with Crippen molar-refractivity contribution in [3.63, 3.8) is 0 Å². The minimum Gasteiger partial charge on any atom is -0.481 e. The predicted molar refractivity (Wildman–Crippen MR) is 78.9 cm³/mol. The highest BCUT2D eigenvalue weighted by Crippen LogP contribution is 2.26. The number of hydrogen-bond donors (Lipinski definition) is 1. The SMILES string of the molecule is COc1ncnc(C(Cc2ccc(Cl)cc2)C(=O)O)c1C. The van der Waals surface area contributed by atoms with Gasteiger partial charge >= 0.3 is 5.97 Å². The van der Waals surface area contributed by atoms with Gasteiger partial charge in [0.15, 0.2) is 0 Å². The Morgan fingerprint density at radius 1 is 1.33 bits per heavy atom. The van der Waals surface area contributed by atoms with E-state index < -0.39 is 11.9 Å². The molecule has 2 aromatic rings. The van der Waals surface area contributed by atoms with Gasteiger partial charge in [0.25, 0.3) is 0 Å². The lowest BCUT2D eigenvalue weighted by Gasteiger charge is -2.15. The van der Waals surface area contributed by atoms with Crippen molar-refractivity contribution in [1.82, 2.24) is 9.97 Å². The molecule has 110 valence electrons. The lowest BCUT2D eigenvalue weighted by molar-refractivity contribution is -0.138. The molecule has 0 aliphatic carbocycles. The fourth-order valence-corrected chi connectivity index (χ4v) is 2.29. The molecule has 0 saturated heterocycles. The molecule has 0 spiro atoms. The van der Waals surface area contributed by atoms with E-state index in [-0.39, 0.29) is 0 Å². The maximum Gasteiger partial charge on any atom is 0.312 e. The normalized spacial score (nSPS) is 12.0. The largest absolute Gasteiger partial charge is 0.481 e. The van der Waals surface area contributed by atoms with Gasteiger partial charge in [0.1, 0.15) is 12.2 Å². The Balaban J connectivity index is 2.35. The van der Waals surface area contributed by atoms with Gasteiger partial charge in [0.2, 0.25) is 5.88 Å². The quantitative estimate of drug-likeness (QED) is 0.919. The van der Waals surface area contributed by atoms with Crippen LogP contribution in [0.25, 0.3) is 0 Å². The Morgan fingerprint density at radius 3 is 2.57 bits per heavy atom. The molecular formula is C15H15ClN2O3. The molecule has 1 N–H and O–H groups in total. The first-order valence-corrected chi connectivity index (χ1v) is 6.73. The molecule has 1 atom stereocenters. The van der Waals surface area contributed by atoms with Gasteiger partial charge in [-0.2, -0.15) is 0 Å². The van der Waals surface area contributed by atoms with E-state index in [2.05, 4.69) is 9.97 Å². The molecule has 21 heavy (non-hydrogen) atoms. The molecule has 0 bridgehead atoms. The van der Waals surface area contributed by atoms with Crippen LogP contribution < -0.4 is 4.74 Å².